The number of carboxylic acids is 1. The SMILES string of the molecule is Cc1nccnc1C(C)N1CCC(C(=O)O)CC1C. The molecule has 1 saturated heterocycles. The van der Waals surface area contributed by atoms with Crippen molar-refractivity contribution in [2.45, 2.75) is 45.7 Å². The Morgan fingerprint density at radius 1 is 1.47 bits per heavy atom. The summed E-state index contributed by atoms with van der Waals surface area (Å²) in [6, 6.07) is 0.435. The van der Waals surface area contributed by atoms with Gasteiger partial charge in [0, 0.05) is 18.4 Å². The van der Waals surface area contributed by atoms with E-state index >= 15 is 0 Å². The van der Waals surface area contributed by atoms with E-state index in [1.54, 1.807) is 12.4 Å². The van der Waals surface area contributed by atoms with Crippen molar-refractivity contribution in [2.24, 2.45) is 5.92 Å². The van der Waals surface area contributed by atoms with E-state index in [-0.39, 0.29) is 18.0 Å². The zero-order valence-electron chi connectivity index (χ0n) is 11.7. The molecule has 5 heteroatoms. The first kappa shape index (κ1) is 13.9. The van der Waals surface area contributed by atoms with E-state index in [1.165, 1.54) is 0 Å². The number of carbonyl (C=O) groups is 1. The van der Waals surface area contributed by atoms with Crippen LogP contribution in [-0.4, -0.2) is 38.5 Å². The lowest BCUT2D eigenvalue weighted by molar-refractivity contribution is -0.144. The van der Waals surface area contributed by atoms with Crippen molar-refractivity contribution in [1.29, 1.82) is 0 Å². The fourth-order valence-electron chi connectivity index (χ4n) is 2.98. The van der Waals surface area contributed by atoms with Crippen LogP contribution in [-0.2, 0) is 4.79 Å². The van der Waals surface area contributed by atoms with E-state index < -0.39 is 5.97 Å². The number of carboxylic acid groups (broad SMARTS) is 1. The molecule has 1 aliphatic heterocycles. The van der Waals surface area contributed by atoms with Gasteiger partial charge in [0.1, 0.15) is 0 Å². The number of rotatable bonds is 3. The summed E-state index contributed by atoms with van der Waals surface area (Å²) in [6.07, 6.45) is 4.83. The Kier molecular flexibility index (Phi) is 4.14. The Balaban J connectivity index is 2.11. The van der Waals surface area contributed by atoms with Crippen molar-refractivity contribution < 1.29 is 9.90 Å². The highest BCUT2D eigenvalue weighted by molar-refractivity contribution is 5.70. The van der Waals surface area contributed by atoms with Crippen LogP contribution < -0.4 is 0 Å². The third-order valence-corrected chi connectivity index (χ3v) is 4.09. The Hall–Kier alpha value is -1.49. The Labute approximate surface area is 113 Å². The molecule has 0 amide bonds. The average molecular weight is 263 g/mol. The third kappa shape index (κ3) is 2.92. The molecule has 19 heavy (non-hydrogen) atoms. The van der Waals surface area contributed by atoms with Gasteiger partial charge in [0.05, 0.1) is 23.3 Å². The van der Waals surface area contributed by atoms with Gasteiger partial charge in [0.2, 0.25) is 0 Å². The van der Waals surface area contributed by atoms with Crippen LogP contribution in [0.15, 0.2) is 12.4 Å². The van der Waals surface area contributed by atoms with Crippen LogP contribution in [0.5, 0.6) is 0 Å². The van der Waals surface area contributed by atoms with Gasteiger partial charge in [-0.3, -0.25) is 19.7 Å². The highest BCUT2D eigenvalue weighted by Gasteiger charge is 2.33. The van der Waals surface area contributed by atoms with Gasteiger partial charge < -0.3 is 5.11 Å². The van der Waals surface area contributed by atoms with Gasteiger partial charge in [-0.05, 0) is 40.2 Å². The first-order valence-corrected chi connectivity index (χ1v) is 6.76. The molecule has 0 saturated carbocycles. The van der Waals surface area contributed by atoms with Gasteiger partial charge in [-0.2, -0.15) is 0 Å². The van der Waals surface area contributed by atoms with Crippen molar-refractivity contribution in [1.82, 2.24) is 14.9 Å². The molecule has 2 rings (SSSR count). The second kappa shape index (κ2) is 5.65. The molecule has 0 aromatic carbocycles. The number of aromatic nitrogens is 2. The van der Waals surface area contributed by atoms with Gasteiger partial charge >= 0.3 is 5.97 Å². The minimum absolute atomic E-state index is 0.179. The highest BCUT2D eigenvalue weighted by Crippen LogP contribution is 2.30. The molecule has 5 nitrogen and oxygen atoms in total. The van der Waals surface area contributed by atoms with Gasteiger partial charge in [-0.15, -0.1) is 0 Å². The molecule has 1 aliphatic rings. The summed E-state index contributed by atoms with van der Waals surface area (Å²) in [6.45, 7) is 6.98. The normalized spacial score (nSPS) is 26.1. The number of piperidine rings is 1. The van der Waals surface area contributed by atoms with E-state index in [1.807, 2.05) is 6.92 Å². The quantitative estimate of drug-likeness (QED) is 0.903. The maximum absolute atomic E-state index is 11.1. The van der Waals surface area contributed by atoms with Crippen LogP contribution in [0.4, 0.5) is 0 Å². The molecule has 3 atom stereocenters. The van der Waals surface area contributed by atoms with Crippen molar-refractivity contribution in [2.75, 3.05) is 6.54 Å². The largest absolute Gasteiger partial charge is 0.481 e. The molecule has 0 aliphatic carbocycles. The number of hydrogen-bond acceptors (Lipinski definition) is 4. The molecule has 1 aromatic rings. The standard InChI is InChI=1S/C14H21N3O2/c1-9-8-12(14(18)19)4-7-17(9)11(3)13-10(2)15-5-6-16-13/h5-6,9,11-12H,4,7-8H2,1-3H3,(H,18,19). The van der Waals surface area contributed by atoms with Crippen LogP contribution in [0.25, 0.3) is 0 Å². The Morgan fingerprint density at radius 2 is 2.16 bits per heavy atom. The summed E-state index contributed by atoms with van der Waals surface area (Å²) < 4.78 is 0. The van der Waals surface area contributed by atoms with E-state index in [9.17, 15) is 4.79 Å². The molecule has 1 N–H and O–H groups in total. The summed E-state index contributed by atoms with van der Waals surface area (Å²) in [5, 5.41) is 9.10. The van der Waals surface area contributed by atoms with Crippen LogP contribution >= 0.6 is 0 Å². The van der Waals surface area contributed by atoms with E-state index in [0.717, 1.165) is 17.9 Å². The summed E-state index contributed by atoms with van der Waals surface area (Å²) in [7, 11) is 0. The van der Waals surface area contributed by atoms with Crippen LogP contribution in [0.3, 0.4) is 0 Å². The number of likely N-dealkylation sites (tertiary alicyclic amines) is 1. The second-order valence-electron chi connectivity index (χ2n) is 5.35. The molecule has 0 radical (unpaired) electrons. The van der Waals surface area contributed by atoms with Crippen LogP contribution in [0.2, 0.25) is 0 Å². The fourth-order valence-corrected chi connectivity index (χ4v) is 2.98. The predicted octanol–water partition coefficient (Wildman–Crippen LogP) is 2.03. The number of nitrogens with zero attached hydrogens (tertiary/aromatic N) is 3. The maximum Gasteiger partial charge on any atom is 0.306 e. The van der Waals surface area contributed by atoms with Gasteiger partial charge in [-0.1, -0.05) is 0 Å². The zero-order chi connectivity index (χ0) is 14.0. The smallest absolute Gasteiger partial charge is 0.306 e. The minimum Gasteiger partial charge on any atom is -0.481 e. The summed E-state index contributed by atoms with van der Waals surface area (Å²) in [4.78, 5) is 22.1. The number of aliphatic carboxylic acids is 1. The summed E-state index contributed by atoms with van der Waals surface area (Å²) >= 11 is 0. The van der Waals surface area contributed by atoms with Crippen molar-refractivity contribution in [3.63, 3.8) is 0 Å². The van der Waals surface area contributed by atoms with Crippen molar-refractivity contribution in [3.05, 3.63) is 23.8 Å². The molecule has 104 valence electrons. The van der Waals surface area contributed by atoms with Gasteiger partial charge in [-0.25, -0.2) is 0 Å². The first-order valence-electron chi connectivity index (χ1n) is 6.76. The molecule has 0 bridgehead atoms. The fraction of sp³-hybridized carbons (Fsp3) is 0.643. The van der Waals surface area contributed by atoms with E-state index in [0.29, 0.717) is 12.8 Å². The average Bonchev–Trinajstić information content (AvgIpc) is 2.38. The number of aryl methyl sites for hydroxylation is 1. The second-order valence-corrected chi connectivity index (χ2v) is 5.35. The lowest BCUT2D eigenvalue weighted by Gasteiger charge is -2.40. The van der Waals surface area contributed by atoms with Crippen molar-refractivity contribution >= 4 is 5.97 Å². The lowest BCUT2D eigenvalue weighted by Crippen LogP contribution is -2.44. The van der Waals surface area contributed by atoms with Crippen LogP contribution in [0, 0.1) is 12.8 Å². The molecule has 1 aromatic heterocycles. The first-order chi connectivity index (χ1) is 9.00. The van der Waals surface area contributed by atoms with Crippen molar-refractivity contribution in [3.8, 4) is 0 Å². The Morgan fingerprint density at radius 3 is 2.74 bits per heavy atom. The molecule has 2 heterocycles. The topological polar surface area (TPSA) is 66.3 Å². The zero-order valence-corrected chi connectivity index (χ0v) is 11.7. The minimum atomic E-state index is -0.671. The highest BCUT2D eigenvalue weighted by atomic mass is 16.4. The maximum atomic E-state index is 11.1. The monoisotopic (exact) mass is 263 g/mol. The Bertz CT molecular complexity index is 464. The molecular weight excluding hydrogens is 242 g/mol. The van der Waals surface area contributed by atoms with E-state index in [2.05, 4.69) is 28.7 Å². The molecule has 3 unspecified atom stereocenters. The third-order valence-electron chi connectivity index (χ3n) is 4.09. The van der Waals surface area contributed by atoms with Gasteiger partial charge in [0.15, 0.2) is 0 Å². The summed E-state index contributed by atoms with van der Waals surface area (Å²) in [5.41, 5.74) is 1.94. The number of hydrogen-bond donors (Lipinski definition) is 1. The van der Waals surface area contributed by atoms with E-state index in [4.69, 9.17) is 5.11 Å². The molecule has 0 spiro atoms. The predicted molar refractivity (Wildman–Crippen MR) is 71.7 cm³/mol. The lowest BCUT2D eigenvalue weighted by atomic mass is 9.90. The van der Waals surface area contributed by atoms with Crippen LogP contribution in [0.1, 0.15) is 44.1 Å². The molecule has 1 fully saturated rings. The molecular formula is C14H21N3O2. The van der Waals surface area contributed by atoms with Gasteiger partial charge in [0.25, 0.3) is 0 Å². The summed E-state index contributed by atoms with van der Waals surface area (Å²) in [5.74, 6) is -0.878.